The molecular formula is C25H23N5O3S. The average molecular weight is 474 g/mol. The molecule has 0 aliphatic heterocycles. The summed E-state index contributed by atoms with van der Waals surface area (Å²) < 4.78 is 7.00. The molecule has 0 fully saturated rings. The van der Waals surface area contributed by atoms with Crippen molar-refractivity contribution in [3.8, 4) is 28.6 Å². The van der Waals surface area contributed by atoms with E-state index < -0.39 is 0 Å². The number of aromatic hydroxyl groups is 1. The molecule has 2 N–H and O–H groups in total. The van der Waals surface area contributed by atoms with E-state index in [0.29, 0.717) is 22.3 Å². The lowest BCUT2D eigenvalue weighted by atomic mass is 10.1. The zero-order valence-corrected chi connectivity index (χ0v) is 19.5. The number of carbonyl (C=O) groups is 1. The molecule has 0 aliphatic rings. The van der Waals surface area contributed by atoms with Gasteiger partial charge in [0.05, 0.1) is 19.1 Å². The van der Waals surface area contributed by atoms with Gasteiger partial charge in [0.2, 0.25) is 0 Å². The van der Waals surface area contributed by atoms with E-state index in [1.54, 1.807) is 18.2 Å². The van der Waals surface area contributed by atoms with Gasteiger partial charge in [-0.25, -0.2) is 5.43 Å². The third-order valence-corrected chi connectivity index (χ3v) is 5.86. The molecule has 0 aliphatic carbocycles. The Labute approximate surface area is 201 Å². The van der Waals surface area contributed by atoms with Gasteiger partial charge < -0.3 is 9.84 Å². The van der Waals surface area contributed by atoms with Gasteiger partial charge in [-0.3, -0.25) is 9.36 Å². The number of para-hydroxylation sites is 2. The van der Waals surface area contributed by atoms with E-state index >= 15 is 0 Å². The largest absolute Gasteiger partial charge is 0.504 e. The number of benzene rings is 3. The first-order valence-electron chi connectivity index (χ1n) is 10.5. The molecule has 0 bridgehead atoms. The van der Waals surface area contributed by atoms with Gasteiger partial charge in [-0.2, -0.15) is 5.10 Å². The van der Waals surface area contributed by atoms with Crippen LogP contribution in [-0.4, -0.2) is 44.9 Å². The van der Waals surface area contributed by atoms with Gasteiger partial charge >= 0.3 is 0 Å². The van der Waals surface area contributed by atoms with Crippen molar-refractivity contribution in [1.82, 2.24) is 20.2 Å². The first kappa shape index (κ1) is 23.1. The summed E-state index contributed by atoms with van der Waals surface area (Å²) in [4.78, 5) is 12.4. The van der Waals surface area contributed by atoms with Crippen LogP contribution in [0, 0.1) is 6.92 Å². The number of hydrogen-bond acceptors (Lipinski definition) is 7. The van der Waals surface area contributed by atoms with E-state index in [2.05, 4.69) is 20.7 Å². The Balaban J connectivity index is 1.48. The van der Waals surface area contributed by atoms with Crippen molar-refractivity contribution in [3.63, 3.8) is 0 Å². The van der Waals surface area contributed by atoms with Crippen LogP contribution in [0.2, 0.25) is 0 Å². The number of phenolic OH excluding ortho intramolecular Hbond substituents is 1. The van der Waals surface area contributed by atoms with Crippen molar-refractivity contribution in [2.45, 2.75) is 12.1 Å². The minimum absolute atomic E-state index is 0.0445. The van der Waals surface area contributed by atoms with Crippen LogP contribution in [0.1, 0.15) is 11.1 Å². The fourth-order valence-electron chi connectivity index (χ4n) is 3.21. The zero-order valence-electron chi connectivity index (χ0n) is 18.7. The topological polar surface area (TPSA) is 102 Å². The Hall–Kier alpha value is -4.11. The number of carbonyl (C=O) groups excluding carboxylic acids is 1. The van der Waals surface area contributed by atoms with Crippen LogP contribution in [0.25, 0.3) is 17.1 Å². The van der Waals surface area contributed by atoms with Gasteiger partial charge in [0.15, 0.2) is 22.5 Å². The van der Waals surface area contributed by atoms with Crippen molar-refractivity contribution >= 4 is 23.9 Å². The fraction of sp³-hybridized carbons (Fsp3) is 0.120. The maximum atomic E-state index is 12.4. The molecule has 1 aromatic heterocycles. The molecule has 4 rings (SSSR count). The van der Waals surface area contributed by atoms with Crippen LogP contribution in [-0.2, 0) is 4.79 Å². The Morgan fingerprint density at radius 2 is 1.85 bits per heavy atom. The predicted octanol–water partition coefficient (Wildman–Crippen LogP) is 4.20. The van der Waals surface area contributed by atoms with Crippen molar-refractivity contribution in [1.29, 1.82) is 0 Å². The number of amides is 1. The Kier molecular flexibility index (Phi) is 7.24. The molecule has 0 unspecified atom stereocenters. The van der Waals surface area contributed by atoms with E-state index in [4.69, 9.17) is 4.74 Å². The normalized spacial score (nSPS) is 11.0. The van der Waals surface area contributed by atoms with Gasteiger partial charge in [0.1, 0.15) is 0 Å². The molecule has 8 nitrogen and oxygen atoms in total. The second kappa shape index (κ2) is 10.7. The number of nitrogens with one attached hydrogen (secondary N) is 1. The number of phenols is 1. The molecule has 0 spiro atoms. The Morgan fingerprint density at radius 1 is 1.09 bits per heavy atom. The number of aryl methyl sites for hydroxylation is 1. The second-order valence-corrected chi connectivity index (χ2v) is 8.27. The summed E-state index contributed by atoms with van der Waals surface area (Å²) >= 11 is 1.26. The van der Waals surface area contributed by atoms with Gasteiger partial charge in [0.25, 0.3) is 5.91 Å². The zero-order chi connectivity index (χ0) is 23.9. The summed E-state index contributed by atoms with van der Waals surface area (Å²) in [6.45, 7) is 2.03. The van der Waals surface area contributed by atoms with Crippen LogP contribution in [0.4, 0.5) is 0 Å². The predicted molar refractivity (Wildman–Crippen MR) is 133 cm³/mol. The maximum absolute atomic E-state index is 12.4. The highest BCUT2D eigenvalue weighted by atomic mass is 32.2. The monoisotopic (exact) mass is 473 g/mol. The third kappa shape index (κ3) is 5.26. The molecule has 3 aromatic carbocycles. The summed E-state index contributed by atoms with van der Waals surface area (Å²) in [5.41, 5.74) is 5.89. The van der Waals surface area contributed by atoms with E-state index in [-0.39, 0.29) is 17.4 Å². The van der Waals surface area contributed by atoms with Crippen LogP contribution in [0.5, 0.6) is 11.5 Å². The molecule has 1 heterocycles. The standard InChI is InChI=1S/C25H23N5O3S/c1-17-11-13-18(14-12-17)24-28-29-25(30(24)20-8-4-3-5-9-20)34-16-22(31)27-26-15-19-7-6-10-21(33-2)23(19)32/h3-15,32H,16H2,1-2H3,(H,27,31). The smallest absolute Gasteiger partial charge is 0.250 e. The number of hydrazone groups is 1. The minimum atomic E-state index is -0.317. The van der Waals surface area contributed by atoms with Gasteiger partial charge in [0, 0.05) is 16.8 Å². The quantitative estimate of drug-likeness (QED) is 0.226. The Morgan fingerprint density at radius 3 is 2.59 bits per heavy atom. The lowest BCUT2D eigenvalue weighted by Gasteiger charge is -2.10. The number of thioether (sulfide) groups is 1. The SMILES string of the molecule is COc1cccc(C=NNC(=O)CSc2nnc(-c3ccc(C)cc3)n2-c2ccccc2)c1O. The van der Waals surface area contributed by atoms with Crippen molar-refractivity contribution in [2.75, 3.05) is 12.9 Å². The number of nitrogens with zero attached hydrogens (tertiary/aromatic N) is 4. The van der Waals surface area contributed by atoms with Crippen molar-refractivity contribution in [3.05, 3.63) is 83.9 Å². The summed E-state index contributed by atoms with van der Waals surface area (Å²) in [5.74, 6) is 0.747. The molecule has 34 heavy (non-hydrogen) atoms. The van der Waals surface area contributed by atoms with Gasteiger partial charge in [-0.15, -0.1) is 10.2 Å². The third-order valence-electron chi connectivity index (χ3n) is 4.93. The van der Waals surface area contributed by atoms with E-state index in [1.165, 1.54) is 25.1 Å². The summed E-state index contributed by atoms with van der Waals surface area (Å²) in [6, 6.07) is 22.8. The molecule has 4 aromatic rings. The number of rotatable bonds is 8. The number of aromatic nitrogens is 3. The maximum Gasteiger partial charge on any atom is 0.250 e. The average Bonchev–Trinajstić information content (AvgIpc) is 3.29. The first-order valence-corrected chi connectivity index (χ1v) is 11.4. The highest BCUT2D eigenvalue weighted by Gasteiger charge is 2.17. The molecule has 0 saturated carbocycles. The number of hydrogen-bond donors (Lipinski definition) is 2. The molecule has 0 saturated heterocycles. The highest BCUT2D eigenvalue weighted by molar-refractivity contribution is 7.99. The summed E-state index contributed by atoms with van der Waals surface area (Å²) in [6.07, 6.45) is 1.36. The lowest BCUT2D eigenvalue weighted by molar-refractivity contribution is -0.118. The summed E-state index contributed by atoms with van der Waals surface area (Å²) in [5, 5.41) is 23.4. The van der Waals surface area contributed by atoms with Crippen LogP contribution >= 0.6 is 11.8 Å². The molecule has 0 atom stereocenters. The molecular weight excluding hydrogens is 450 g/mol. The molecule has 0 radical (unpaired) electrons. The fourth-order valence-corrected chi connectivity index (χ4v) is 3.95. The number of methoxy groups -OCH3 is 1. The van der Waals surface area contributed by atoms with E-state index in [1.807, 2.05) is 66.1 Å². The molecule has 172 valence electrons. The Bertz CT molecular complexity index is 1300. The lowest BCUT2D eigenvalue weighted by Crippen LogP contribution is -2.20. The van der Waals surface area contributed by atoms with Crippen molar-refractivity contribution < 1.29 is 14.6 Å². The van der Waals surface area contributed by atoms with E-state index in [9.17, 15) is 9.90 Å². The van der Waals surface area contributed by atoms with Crippen LogP contribution in [0.15, 0.2) is 83.1 Å². The van der Waals surface area contributed by atoms with Crippen LogP contribution < -0.4 is 10.2 Å². The van der Waals surface area contributed by atoms with Crippen molar-refractivity contribution in [2.24, 2.45) is 5.10 Å². The highest BCUT2D eigenvalue weighted by Crippen LogP contribution is 2.29. The number of ether oxygens (including phenoxy) is 1. The van der Waals surface area contributed by atoms with Gasteiger partial charge in [-0.05, 0) is 31.2 Å². The van der Waals surface area contributed by atoms with E-state index in [0.717, 1.165) is 16.8 Å². The summed E-state index contributed by atoms with van der Waals surface area (Å²) in [7, 11) is 1.47. The van der Waals surface area contributed by atoms with Gasteiger partial charge in [-0.1, -0.05) is 65.9 Å². The second-order valence-electron chi connectivity index (χ2n) is 7.32. The molecule has 1 amide bonds. The first-order chi connectivity index (χ1) is 16.6. The minimum Gasteiger partial charge on any atom is -0.504 e. The van der Waals surface area contributed by atoms with Crippen LogP contribution in [0.3, 0.4) is 0 Å². The molecule has 9 heteroatoms.